The van der Waals surface area contributed by atoms with Gasteiger partial charge in [-0.15, -0.1) is 0 Å². The number of aromatic nitrogens is 6. The fourth-order valence-electron chi connectivity index (χ4n) is 4.34. The van der Waals surface area contributed by atoms with E-state index in [1.54, 1.807) is 41.2 Å². The number of rotatable bonds is 7. The number of carbonyl (C=O) groups is 1. The monoisotopic (exact) mass is 462 g/mol. The average Bonchev–Trinajstić information content (AvgIpc) is 3.62. The molecular weight excluding hydrogens is 439 g/mol. The summed E-state index contributed by atoms with van der Waals surface area (Å²) in [4.78, 5) is 22.0. The van der Waals surface area contributed by atoms with Gasteiger partial charge in [0.2, 0.25) is 0 Å². The van der Waals surface area contributed by atoms with Crippen LogP contribution in [0.4, 0.5) is 14.9 Å². The Morgan fingerprint density at radius 3 is 2.41 bits per heavy atom. The van der Waals surface area contributed by atoms with E-state index >= 15 is 0 Å². The quantitative estimate of drug-likeness (QED) is 0.452. The van der Waals surface area contributed by atoms with Crippen molar-refractivity contribution < 1.29 is 14.3 Å². The van der Waals surface area contributed by atoms with Crippen LogP contribution < -0.4 is 4.90 Å². The van der Waals surface area contributed by atoms with Crippen LogP contribution in [0.2, 0.25) is 0 Å². The van der Waals surface area contributed by atoms with E-state index in [-0.39, 0.29) is 18.1 Å². The Kier molecular flexibility index (Phi) is 5.54. The highest BCUT2D eigenvalue weighted by Crippen LogP contribution is 2.34. The van der Waals surface area contributed by atoms with Crippen molar-refractivity contribution in [2.75, 3.05) is 18.0 Å². The number of anilines is 1. The van der Waals surface area contributed by atoms with Crippen molar-refractivity contribution in [2.45, 2.75) is 25.1 Å². The molecule has 1 saturated heterocycles. The summed E-state index contributed by atoms with van der Waals surface area (Å²) in [5, 5.41) is 24.1. The molecule has 5 rings (SSSR count). The number of hydrogen-bond acceptors (Lipinski definition) is 6. The highest BCUT2D eigenvalue weighted by Gasteiger charge is 2.46. The van der Waals surface area contributed by atoms with Crippen molar-refractivity contribution in [3.05, 3.63) is 85.0 Å². The summed E-state index contributed by atoms with van der Waals surface area (Å²) < 4.78 is 16.3. The van der Waals surface area contributed by atoms with Gasteiger partial charge in [-0.2, -0.15) is 20.1 Å². The standard InChI is InChI=1S/C23H23FN8O2/c1-17(23(34,14-29-16-25-15-28-29)20-4-2-3-5-21(20)24)30-12-13-31(22(30)33)18-6-8-19(9-7-18)32-26-10-11-27-32/h2-11,15-17,34H,12-14H2,1H3/t17-,23-/m1/s1. The number of aliphatic hydroxyl groups is 1. The third-order valence-corrected chi connectivity index (χ3v) is 6.22. The van der Waals surface area contributed by atoms with Gasteiger partial charge in [0.15, 0.2) is 0 Å². The Balaban J connectivity index is 1.42. The summed E-state index contributed by atoms with van der Waals surface area (Å²) in [5.41, 5.74) is -0.158. The van der Waals surface area contributed by atoms with E-state index in [0.29, 0.717) is 18.8 Å². The molecule has 1 aliphatic heterocycles. The summed E-state index contributed by atoms with van der Waals surface area (Å²) in [7, 11) is 0. The fraction of sp³-hybridized carbons (Fsp3) is 0.261. The average molecular weight is 462 g/mol. The van der Waals surface area contributed by atoms with Crippen molar-refractivity contribution in [1.82, 2.24) is 34.7 Å². The zero-order valence-corrected chi connectivity index (χ0v) is 18.4. The first kappa shape index (κ1) is 21.7. The first-order valence-electron chi connectivity index (χ1n) is 10.8. The molecule has 0 saturated carbocycles. The molecule has 2 aromatic heterocycles. The number of urea groups is 1. The highest BCUT2D eigenvalue weighted by atomic mass is 19.1. The topological polar surface area (TPSA) is 105 Å². The van der Waals surface area contributed by atoms with Crippen LogP contribution in [0.1, 0.15) is 12.5 Å². The Labute approximate surface area is 194 Å². The van der Waals surface area contributed by atoms with Gasteiger partial charge in [-0.3, -0.25) is 4.90 Å². The lowest BCUT2D eigenvalue weighted by atomic mass is 9.85. The minimum absolute atomic E-state index is 0.0650. The van der Waals surface area contributed by atoms with E-state index < -0.39 is 17.5 Å². The number of benzene rings is 2. The van der Waals surface area contributed by atoms with Gasteiger partial charge < -0.3 is 10.0 Å². The van der Waals surface area contributed by atoms with Gasteiger partial charge in [0.05, 0.1) is 30.7 Å². The summed E-state index contributed by atoms with van der Waals surface area (Å²) in [6, 6.07) is 12.3. The van der Waals surface area contributed by atoms with Crippen LogP contribution in [0.5, 0.6) is 0 Å². The molecule has 34 heavy (non-hydrogen) atoms. The molecule has 11 heteroatoms. The van der Waals surface area contributed by atoms with Gasteiger partial charge in [-0.05, 0) is 37.3 Å². The minimum atomic E-state index is -1.74. The van der Waals surface area contributed by atoms with E-state index in [2.05, 4.69) is 20.3 Å². The largest absolute Gasteiger partial charge is 0.381 e. The second-order valence-corrected chi connectivity index (χ2v) is 8.14. The Bertz CT molecular complexity index is 1260. The molecule has 1 aliphatic rings. The molecule has 1 N–H and O–H groups in total. The number of amides is 2. The summed E-state index contributed by atoms with van der Waals surface area (Å²) in [6.07, 6.45) is 5.98. The maximum atomic E-state index is 14.8. The minimum Gasteiger partial charge on any atom is -0.381 e. The molecule has 0 spiro atoms. The summed E-state index contributed by atoms with van der Waals surface area (Å²) in [5.74, 6) is -0.553. The van der Waals surface area contributed by atoms with Crippen molar-refractivity contribution in [3.8, 4) is 5.69 Å². The predicted molar refractivity (Wildman–Crippen MR) is 121 cm³/mol. The lowest BCUT2D eigenvalue weighted by Gasteiger charge is -2.39. The van der Waals surface area contributed by atoms with E-state index in [0.717, 1.165) is 5.69 Å². The van der Waals surface area contributed by atoms with Crippen LogP contribution in [-0.2, 0) is 12.1 Å². The van der Waals surface area contributed by atoms with Crippen molar-refractivity contribution >= 4 is 11.7 Å². The molecule has 4 aromatic rings. The van der Waals surface area contributed by atoms with Gasteiger partial charge in [-0.25, -0.2) is 18.9 Å². The Morgan fingerprint density at radius 2 is 1.74 bits per heavy atom. The molecule has 3 heterocycles. The lowest BCUT2D eigenvalue weighted by molar-refractivity contribution is -0.0474. The number of halogens is 1. The lowest BCUT2D eigenvalue weighted by Crippen LogP contribution is -2.53. The number of carbonyl (C=O) groups excluding carboxylic acids is 1. The first-order chi connectivity index (χ1) is 16.5. The third-order valence-electron chi connectivity index (χ3n) is 6.22. The van der Waals surface area contributed by atoms with Crippen LogP contribution in [0.15, 0.2) is 73.6 Å². The zero-order chi connectivity index (χ0) is 23.7. The molecule has 2 aromatic carbocycles. The van der Waals surface area contributed by atoms with Gasteiger partial charge in [0.1, 0.15) is 24.1 Å². The fourth-order valence-corrected chi connectivity index (χ4v) is 4.34. The van der Waals surface area contributed by atoms with Gasteiger partial charge >= 0.3 is 6.03 Å². The number of nitrogens with zero attached hydrogens (tertiary/aromatic N) is 8. The van der Waals surface area contributed by atoms with Crippen LogP contribution >= 0.6 is 0 Å². The van der Waals surface area contributed by atoms with E-state index in [4.69, 9.17) is 0 Å². The highest BCUT2D eigenvalue weighted by molar-refractivity contribution is 5.94. The van der Waals surface area contributed by atoms with E-state index in [1.807, 2.05) is 24.3 Å². The summed E-state index contributed by atoms with van der Waals surface area (Å²) in [6.45, 7) is 2.46. The van der Waals surface area contributed by atoms with Gasteiger partial charge in [-0.1, -0.05) is 18.2 Å². The molecule has 10 nitrogen and oxygen atoms in total. The normalized spacial score (nSPS) is 16.6. The van der Waals surface area contributed by atoms with Crippen LogP contribution in [0.3, 0.4) is 0 Å². The summed E-state index contributed by atoms with van der Waals surface area (Å²) >= 11 is 0. The maximum absolute atomic E-state index is 14.8. The van der Waals surface area contributed by atoms with Crippen LogP contribution in [0.25, 0.3) is 5.69 Å². The van der Waals surface area contributed by atoms with Crippen molar-refractivity contribution in [3.63, 3.8) is 0 Å². The van der Waals surface area contributed by atoms with Gasteiger partial charge in [0, 0.05) is 24.3 Å². The molecule has 2 amide bonds. The Hall–Kier alpha value is -4.12. The molecule has 2 atom stereocenters. The first-order valence-corrected chi connectivity index (χ1v) is 10.8. The molecular formula is C23H23FN8O2. The van der Waals surface area contributed by atoms with Crippen molar-refractivity contribution in [1.29, 1.82) is 0 Å². The molecule has 0 radical (unpaired) electrons. The number of hydrogen-bond donors (Lipinski definition) is 1. The molecule has 0 unspecified atom stereocenters. The second kappa shape index (κ2) is 8.67. The van der Waals surface area contributed by atoms with Crippen molar-refractivity contribution in [2.24, 2.45) is 0 Å². The molecule has 0 bridgehead atoms. The second-order valence-electron chi connectivity index (χ2n) is 8.14. The Morgan fingerprint density at radius 1 is 1.03 bits per heavy atom. The smallest absolute Gasteiger partial charge is 0.324 e. The maximum Gasteiger partial charge on any atom is 0.324 e. The third kappa shape index (κ3) is 3.79. The SMILES string of the molecule is C[C@@H](N1CCN(c2ccc(-n3nccn3)cc2)C1=O)[C@](O)(Cn1cncn1)c1ccccc1F. The molecule has 1 fully saturated rings. The zero-order valence-electron chi connectivity index (χ0n) is 18.4. The van der Waals surface area contributed by atoms with E-state index in [1.165, 1.54) is 34.3 Å². The molecule has 0 aliphatic carbocycles. The van der Waals surface area contributed by atoms with Gasteiger partial charge in [0.25, 0.3) is 0 Å². The molecule has 174 valence electrons. The predicted octanol–water partition coefficient (Wildman–Crippen LogP) is 2.22. The van der Waals surface area contributed by atoms with Crippen LogP contribution in [0, 0.1) is 5.82 Å². The van der Waals surface area contributed by atoms with E-state index in [9.17, 15) is 14.3 Å². The van der Waals surface area contributed by atoms with Crippen LogP contribution in [-0.4, -0.2) is 64.9 Å².